The lowest BCUT2D eigenvalue weighted by atomic mass is 9.97. The molecule has 1 aliphatic heterocycles. The number of rotatable bonds is 8. The fraction of sp³-hybridized carbons (Fsp3) is 0.727. The summed E-state index contributed by atoms with van der Waals surface area (Å²) in [7, 11) is 0. The molecule has 1 fully saturated rings. The van der Waals surface area contributed by atoms with Crippen LogP contribution < -0.4 is 10.6 Å². The highest BCUT2D eigenvalue weighted by atomic mass is 16.7. The molecule has 1 saturated heterocycles. The van der Waals surface area contributed by atoms with Crippen LogP contribution in [0.15, 0.2) is 0 Å². The molecule has 0 unspecified atom stereocenters. The molecule has 0 aliphatic carbocycles. The van der Waals surface area contributed by atoms with E-state index in [9.17, 15) is 28.8 Å². The number of ether oxygens (including phenoxy) is 6. The molecule has 0 aromatic heterocycles. The first kappa shape index (κ1) is 30.6. The van der Waals surface area contributed by atoms with Crippen molar-refractivity contribution in [1.82, 2.24) is 10.6 Å². The van der Waals surface area contributed by atoms with Crippen molar-refractivity contribution < 1.29 is 57.2 Å². The van der Waals surface area contributed by atoms with E-state index in [0.717, 1.165) is 27.7 Å². The van der Waals surface area contributed by atoms with Crippen molar-refractivity contribution in [3.8, 4) is 0 Å². The highest BCUT2D eigenvalue weighted by Crippen LogP contribution is 2.28. The van der Waals surface area contributed by atoms with Gasteiger partial charge in [0, 0.05) is 27.7 Å². The van der Waals surface area contributed by atoms with E-state index >= 15 is 0 Å². The molecule has 0 aromatic rings. The first-order valence-corrected chi connectivity index (χ1v) is 11.1. The summed E-state index contributed by atoms with van der Waals surface area (Å²) in [5, 5.41) is 4.81. The molecule has 1 aliphatic rings. The molecule has 1 rings (SSSR count). The van der Waals surface area contributed by atoms with Gasteiger partial charge in [0.05, 0.1) is 0 Å². The Morgan fingerprint density at radius 1 is 0.806 bits per heavy atom. The quantitative estimate of drug-likeness (QED) is 0.327. The molecule has 1 heterocycles. The smallest absolute Gasteiger partial charge is 0.408 e. The number of amides is 2. The average Bonchev–Trinajstić information content (AvgIpc) is 2.68. The Morgan fingerprint density at radius 2 is 1.31 bits per heavy atom. The van der Waals surface area contributed by atoms with Gasteiger partial charge in [0.2, 0.25) is 5.91 Å². The molecule has 2 N–H and O–H groups in total. The Kier molecular flexibility index (Phi) is 11.1. The fourth-order valence-electron chi connectivity index (χ4n) is 3.16. The number of carbonyl (C=O) groups is 6. The molecule has 0 aromatic carbocycles. The molecule has 0 bridgehead atoms. The van der Waals surface area contributed by atoms with Gasteiger partial charge in [0.1, 0.15) is 24.4 Å². The summed E-state index contributed by atoms with van der Waals surface area (Å²) in [4.78, 5) is 71.6. The number of hydrogen-bond donors (Lipinski definition) is 2. The summed E-state index contributed by atoms with van der Waals surface area (Å²) < 4.78 is 31.7. The van der Waals surface area contributed by atoms with Crippen molar-refractivity contribution in [2.75, 3.05) is 6.61 Å². The summed E-state index contributed by atoms with van der Waals surface area (Å²) in [6.07, 6.45) is -7.81. The highest BCUT2D eigenvalue weighted by molar-refractivity contribution is 5.85. The number of hydrogen-bond acceptors (Lipinski definition) is 12. The minimum Gasteiger partial charge on any atom is -0.463 e. The third-order valence-electron chi connectivity index (χ3n) is 4.40. The molecule has 204 valence electrons. The molecular weight excluding hydrogens is 484 g/mol. The normalized spacial score (nSPS) is 24.4. The van der Waals surface area contributed by atoms with Crippen LogP contribution in [-0.2, 0) is 52.4 Å². The van der Waals surface area contributed by atoms with Gasteiger partial charge in [-0.15, -0.1) is 0 Å². The molecule has 0 radical (unpaired) electrons. The molecule has 14 heteroatoms. The van der Waals surface area contributed by atoms with Crippen molar-refractivity contribution >= 4 is 35.9 Å². The maximum absolute atomic E-state index is 12.8. The lowest BCUT2D eigenvalue weighted by Crippen LogP contribution is -2.67. The van der Waals surface area contributed by atoms with Crippen LogP contribution in [-0.4, -0.2) is 84.8 Å². The summed E-state index contributed by atoms with van der Waals surface area (Å²) in [6.45, 7) is 10.2. The van der Waals surface area contributed by atoms with E-state index in [2.05, 4.69) is 10.6 Å². The van der Waals surface area contributed by atoms with Crippen molar-refractivity contribution in [2.45, 2.75) is 97.7 Å². The standard InChI is InChI=1S/C22H34N2O12/c1-10(23-21(30)36-22(6,7)8)19(29)24-20-18(34-14(5)28)17(33-13(4)27)16(32-12(3)26)15(35-20)9-31-11(2)25/h10,15-18,20H,9H2,1-8H3,(H,23,30)(H,24,29)/t10-,15+,16+,17-,18+,20+/m0/s1. The zero-order valence-electron chi connectivity index (χ0n) is 21.6. The lowest BCUT2D eigenvalue weighted by Gasteiger charge is -2.44. The molecular formula is C22H34N2O12. The largest absolute Gasteiger partial charge is 0.463 e. The van der Waals surface area contributed by atoms with Crippen LogP contribution in [0.4, 0.5) is 4.79 Å². The Balaban J connectivity index is 3.26. The first-order valence-electron chi connectivity index (χ1n) is 11.1. The summed E-state index contributed by atoms with van der Waals surface area (Å²) >= 11 is 0. The molecule has 2 amide bonds. The zero-order valence-corrected chi connectivity index (χ0v) is 21.6. The minimum absolute atomic E-state index is 0.448. The summed E-state index contributed by atoms with van der Waals surface area (Å²) in [6, 6.07) is -1.13. The molecule has 0 saturated carbocycles. The fourth-order valence-corrected chi connectivity index (χ4v) is 3.16. The second kappa shape index (κ2) is 13.0. The third kappa shape index (κ3) is 10.5. The van der Waals surface area contributed by atoms with Gasteiger partial charge >= 0.3 is 30.0 Å². The van der Waals surface area contributed by atoms with Crippen molar-refractivity contribution in [2.24, 2.45) is 0 Å². The predicted octanol–water partition coefficient (Wildman–Crippen LogP) is 0.0989. The Labute approximate surface area is 208 Å². The van der Waals surface area contributed by atoms with Crippen LogP contribution in [0.1, 0.15) is 55.4 Å². The summed E-state index contributed by atoms with van der Waals surface area (Å²) in [5.74, 6) is -3.87. The first-order chi connectivity index (χ1) is 16.5. The topological polar surface area (TPSA) is 182 Å². The van der Waals surface area contributed by atoms with E-state index in [1.165, 1.54) is 6.92 Å². The summed E-state index contributed by atoms with van der Waals surface area (Å²) in [5.41, 5.74) is -0.805. The third-order valence-corrected chi connectivity index (χ3v) is 4.40. The second-order valence-corrected chi connectivity index (χ2v) is 9.00. The minimum atomic E-state index is -1.47. The van der Waals surface area contributed by atoms with Crippen LogP contribution in [0.5, 0.6) is 0 Å². The molecule has 0 spiro atoms. The van der Waals surface area contributed by atoms with Gasteiger partial charge in [0.25, 0.3) is 0 Å². The molecule has 14 nitrogen and oxygen atoms in total. The van der Waals surface area contributed by atoms with Gasteiger partial charge in [-0.3, -0.25) is 24.0 Å². The maximum Gasteiger partial charge on any atom is 0.408 e. The van der Waals surface area contributed by atoms with Crippen LogP contribution in [0.25, 0.3) is 0 Å². The number of alkyl carbamates (subject to hydrolysis) is 1. The Morgan fingerprint density at radius 3 is 1.78 bits per heavy atom. The maximum atomic E-state index is 12.8. The van der Waals surface area contributed by atoms with E-state index in [1.807, 2.05) is 0 Å². The van der Waals surface area contributed by atoms with Crippen LogP contribution in [0.2, 0.25) is 0 Å². The van der Waals surface area contributed by atoms with Crippen LogP contribution in [0, 0.1) is 0 Å². The lowest BCUT2D eigenvalue weighted by molar-refractivity contribution is -0.257. The van der Waals surface area contributed by atoms with Crippen molar-refractivity contribution in [1.29, 1.82) is 0 Å². The number of nitrogens with one attached hydrogen (secondary N) is 2. The monoisotopic (exact) mass is 518 g/mol. The van der Waals surface area contributed by atoms with Crippen molar-refractivity contribution in [3.63, 3.8) is 0 Å². The molecule has 6 atom stereocenters. The van der Waals surface area contributed by atoms with E-state index in [4.69, 9.17) is 28.4 Å². The SMILES string of the molecule is CC(=O)OC[C@H]1O[C@@H](NC(=O)[C@H](C)NC(=O)OC(C)(C)C)[C@H](OC(C)=O)[C@@H](OC(C)=O)[C@@H]1OC(C)=O. The van der Waals surface area contributed by atoms with Gasteiger partial charge < -0.3 is 39.1 Å². The van der Waals surface area contributed by atoms with Gasteiger partial charge in [-0.1, -0.05) is 0 Å². The van der Waals surface area contributed by atoms with E-state index in [-0.39, 0.29) is 0 Å². The number of carbonyl (C=O) groups excluding carboxylic acids is 6. The van der Waals surface area contributed by atoms with E-state index < -0.39 is 84.8 Å². The van der Waals surface area contributed by atoms with Gasteiger partial charge in [0.15, 0.2) is 24.5 Å². The van der Waals surface area contributed by atoms with E-state index in [0.29, 0.717) is 0 Å². The van der Waals surface area contributed by atoms with Gasteiger partial charge in [-0.2, -0.15) is 0 Å². The highest BCUT2D eigenvalue weighted by Gasteiger charge is 2.52. The van der Waals surface area contributed by atoms with Crippen molar-refractivity contribution in [3.05, 3.63) is 0 Å². The Hall–Kier alpha value is -3.42. The van der Waals surface area contributed by atoms with Gasteiger partial charge in [-0.25, -0.2) is 4.79 Å². The predicted molar refractivity (Wildman–Crippen MR) is 119 cm³/mol. The van der Waals surface area contributed by atoms with Crippen LogP contribution in [0.3, 0.4) is 0 Å². The number of esters is 4. The molecule has 36 heavy (non-hydrogen) atoms. The Bertz CT molecular complexity index is 852. The van der Waals surface area contributed by atoms with Crippen LogP contribution >= 0.6 is 0 Å². The van der Waals surface area contributed by atoms with Gasteiger partial charge in [-0.05, 0) is 27.7 Å². The average molecular weight is 519 g/mol. The second-order valence-electron chi connectivity index (χ2n) is 9.00. The van der Waals surface area contributed by atoms with E-state index in [1.54, 1.807) is 20.8 Å². The zero-order chi connectivity index (χ0) is 27.8.